The Labute approximate surface area is 101 Å². The van der Waals surface area contributed by atoms with Crippen molar-refractivity contribution in [1.82, 2.24) is 0 Å². The van der Waals surface area contributed by atoms with Gasteiger partial charge in [-0.25, -0.2) is 0 Å². The van der Waals surface area contributed by atoms with Crippen molar-refractivity contribution in [2.45, 2.75) is 6.17 Å². The summed E-state index contributed by atoms with van der Waals surface area (Å²) in [5.41, 5.74) is 14.1. The maximum absolute atomic E-state index is 5.69. The van der Waals surface area contributed by atoms with Gasteiger partial charge in [-0.3, -0.25) is 0 Å². The summed E-state index contributed by atoms with van der Waals surface area (Å²) in [6, 6.07) is 17.5. The van der Waals surface area contributed by atoms with Crippen LogP contribution in [0.2, 0.25) is 0 Å². The van der Waals surface area contributed by atoms with Crippen molar-refractivity contribution in [1.29, 1.82) is 0 Å². The highest BCUT2D eigenvalue weighted by molar-refractivity contribution is 5.47. The summed E-state index contributed by atoms with van der Waals surface area (Å²) in [6.07, 6.45) is -0.490. The maximum Gasteiger partial charge on any atom is 0.0796 e. The fourth-order valence-electron chi connectivity index (χ4n) is 1.56. The summed E-state index contributed by atoms with van der Waals surface area (Å²) < 4.78 is 0. The van der Waals surface area contributed by atoms with E-state index in [1.54, 1.807) is 0 Å². The van der Waals surface area contributed by atoms with Crippen LogP contribution in [-0.2, 0) is 0 Å². The second-order valence-electron chi connectivity index (χ2n) is 3.73. The molecular formula is C15H14N2. The molecule has 0 saturated heterocycles. The zero-order chi connectivity index (χ0) is 12.1. The van der Waals surface area contributed by atoms with Gasteiger partial charge in [-0.15, -0.1) is 0 Å². The van der Waals surface area contributed by atoms with Crippen LogP contribution in [0, 0.1) is 11.8 Å². The van der Waals surface area contributed by atoms with Crippen molar-refractivity contribution >= 4 is 0 Å². The smallest absolute Gasteiger partial charge is 0.0796 e. The van der Waals surface area contributed by atoms with E-state index in [1.165, 1.54) is 0 Å². The van der Waals surface area contributed by atoms with E-state index in [9.17, 15) is 0 Å². The summed E-state index contributed by atoms with van der Waals surface area (Å²) in [5, 5.41) is 0. The quantitative estimate of drug-likeness (QED) is 0.573. The van der Waals surface area contributed by atoms with Gasteiger partial charge in [0.05, 0.1) is 6.17 Å². The van der Waals surface area contributed by atoms with Crippen LogP contribution >= 0.6 is 0 Å². The average molecular weight is 222 g/mol. The Kier molecular flexibility index (Phi) is 3.56. The highest BCUT2D eigenvalue weighted by Gasteiger charge is 2.03. The molecule has 0 unspecified atom stereocenters. The van der Waals surface area contributed by atoms with Gasteiger partial charge in [0.15, 0.2) is 0 Å². The molecule has 17 heavy (non-hydrogen) atoms. The number of nitrogens with two attached hydrogens (primary N) is 2. The van der Waals surface area contributed by atoms with Gasteiger partial charge in [-0.2, -0.15) is 0 Å². The Morgan fingerprint density at radius 3 is 2.12 bits per heavy atom. The zero-order valence-electron chi connectivity index (χ0n) is 9.43. The van der Waals surface area contributed by atoms with Crippen LogP contribution < -0.4 is 11.5 Å². The Morgan fingerprint density at radius 1 is 0.765 bits per heavy atom. The average Bonchev–Trinajstić information content (AvgIpc) is 2.38. The fraction of sp³-hybridized carbons (Fsp3) is 0.0667. The third-order valence-electron chi connectivity index (χ3n) is 2.44. The second-order valence-corrected chi connectivity index (χ2v) is 3.73. The number of hydrogen-bond donors (Lipinski definition) is 2. The molecule has 0 amide bonds. The maximum atomic E-state index is 5.69. The Hall–Kier alpha value is -2.08. The van der Waals surface area contributed by atoms with Crippen molar-refractivity contribution in [2.75, 3.05) is 0 Å². The second kappa shape index (κ2) is 5.31. The standard InChI is InChI=1S/C15H14N2/c16-15(17)14-9-5-4-8-13(14)11-10-12-6-2-1-3-7-12/h1-9,15H,16-17H2. The third kappa shape index (κ3) is 2.94. The molecule has 0 aromatic heterocycles. The van der Waals surface area contributed by atoms with E-state index < -0.39 is 6.17 Å². The molecule has 0 atom stereocenters. The van der Waals surface area contributed by atoms with Crippen LogP contribution in [0.1, 0.15) is 22.9 Å². The fourth-order valence-corrected chi connectivity index (χ4v) is 1.56. The molecule has 0 heterocycles. The molecule has 0 bridgehead atoms. The van der Waals surface area contributed by atoms with Gasteiger partial charge in [0.25, 0.3) is 0 Å². The Morgan fingerprint density at radius 2 is 1.41 bits per heavy atom. The molecule has 2 aromatic rings. The summed E-state index contributed by atoms with van der Waals surface area (Å²) >= 11 is 0. The van der Waals surface area contributed by atoms with Gasteiger partial charge >= 0.3 is 0 Å². The minimum atomic E-state index is -0.490. The van der Waals surface area contributed by atoms with E-state index in [1.807, 2.05) is 54.6 Å². The van der Waals surface area contributed by atoms with Crippen LogP contribution in [0.15, 0.2) is 54.6 Å². The van der Waals surface area contributed by atoms with Gasteiger partial charge in [-0.05, 0) is 23.8 Å². The molecule has 0 radical (unpaired) electrons. The van der Waals surface area contributed by atoms with Crippen LogP contribution in [0.3, 0.4) is 0 Å². The molecule has 0 fully saturated rings. The van der Waals surface area contributed by atoms with Gasteiger partial charge in [0.2, 0.25) is 0 Å². The van der Waals surface area contributed by atoms with Crippen LogP contribution in [0.25, 0.3) is 0 Å². The topological polar surface area (TPSA) is 52.0 Å². The van der Waals surface area contributed by atoms with Crippen molar-refractivity contribution < 1.29 is 0 Å². The van der Waals surface area contributed by atoms with Crippen molar-refractivity contribution in [3.63, 3.8) is 0 Å². The summed E-state index contributed by atoms with van der Waals surface area (Å²) in [5.74, 6) is 6.20. The molecule has 4 N–H and O–H groups in total. The van der Waals surface area contributed by atoms with Crippen LogP contribution in [0.5, 0.6) is 0 Å². The van der Waals surface area contributed by atoms with E-state index in [-0.39, 0.29) is 0 Å². The van der Waals surface area contributed by atoms with Gasteiger partial charge in [0, 0.05) is 11.1 Å². The molecule has 0 aliphatic heterocycles. The molecule has 2 heteroatoms. The van der Waals surface area contributed by atoms with Crippen LogP contribution in [-0.4, -0.2) is 0 Å². The highest BCUT2D eigenvalue weighted by Crippen LogP contribution is 2.11. The van der Waals surface area contributed by atoms with E-state index in [0.29, 0.717) is 0 Å². The van der Waals surface area contributed by atoms with Gasteiger partial charge in [0.1, 0.15) is 0 Å². The number of rotatable bonds is 1. The summed E-state index contributed by atoms with van der Waals surface area (Å²) in [7, 11) is 0. The first-order valence-corrected chi connectivity index (χ1v) is 5.44. The number of benzene rings is 2. The minimum absolute atomic E-state index is 0.490. The SMILES string of the molecule is NC(N)c1ccccc1C#Cc1ccccc1. The predicted octanol–water partition coefficient (Wildman–Crippen LogP) is 2.00. The lowest BCUT2D eigenvalue weighted by Crippen LogP contribution is -2.21. The lowest BCUT2D eigenvalue weighted by atomic mass is 10.1. The molecule has 2 rings (SSSR count). The summed E-state index contributed by atoms with van der Waals surface area (Å²) in [6.45, 7) is 0. The molecular weight excluding hydrogens is 208 g/mol. The van der Waals surface area contributed by atoms with Crippen molar-refractivity contribution in [3.8, 4) is 11.8 Å². The lowest BCUT2D eigenvalue weighted by Gasteiger charge is -2.07. The largest absolute Gasteiger partial charge is 0.312 e. The zero-order valence-corrected chi connectivity index (χ0v) is 9.43. The monoisotopic (exact) mass is 222 g/mol. The normalized spacial score (nSPS) is 9.82. The van der Waals surface area contributed by atoms with Crippen molar-refractivity contribution in [2.24, 2.45) is 11.5 Å². The Balaban J connectivity index is 2.34. The van der Waals surface area contributed by atoms with Gasteiger partial charge < -0.3 is 11.5 Å². The third-order valence-corrected chi connectivity index (χ3v) is 2.44. The lowest BCUT2D eigenvalue weighted by molar-refractivity contribution is 0.771. The first kappa shape index (κ1) is 11.4. The predicted molar refractivity (Wildman–Crippen MR) is 70.0 cm³/mol. The molecule has 0 aliphatic carbocycles. The molecule has 2 aromatic carbocycles. The molecule has 2 nitrogen and oxygen atoms in total. The van der Waals surface area contributed by atoms with Gasteiger partial charge in [-0.1, -0.05) is 48.2 Å². The first-order valence-electron chi connectivity index (χ1n) is 5.44. The molecule has 0 aliphatic rings. The van der Waals surface area contributed by atoms with E-state index in [0.717, 1.165) is 16.7 Å². The molecule has 84 valence electrons. The summed E-state index contributed by atoms with van der Waals surface area (Å²) in [4.78, 5) is 0. The highest BCUT2D eigenvalue weighted by atomic mass is 14.8. The van der Waals surface area contributed by atoms with E-state index in [4.69, 9.17) is 11.5 Å². The Bertz CT molecular complexity index is 548. The van der Waals surface area contributed by atoms with Crippen LogP contribution in [0.4, 0.5) is 0 Å². The van der Waals surface area contributed by atoms with E-state index >= 15 is 0 Å². The van der Waals surface area contributed by atoms with E-state index in [2.05, 4.69) is 11.8 Å². The first-order chi connectivity index (χ1) is 8.27. The number of hydrogen-bond acceptors (Lipinski definition) is 2. The minimum Gasteiger partial charge on any atom is -0.312 e. The molecule has 0 saturated carbocycles. The van der Waals surface area contributed by atoms with Crippen molar-refractivity contribution in [3.05, 3.63) is 71.3 Å². The molecule has 0 spiro atoms.